The van der Waals surface area contributed by atoms with Gasteiger partial charge in [0.05, 0.1) is 17.4 Å². The van der Waals surface area contributed by atoms with E-state index < -0.39 is 0 Å². The first-order chi connectivity index (χ1) is 9.01. The molecule has 0 aliphatic heterocycles. The molecule has 1 aromatic carbocycles. The standard InChI is InChI=1S/C14H17BrClN3/c1-9-6-14(19(3)18-9)13(17-2)7-10-4-5-11(15)8-12(10)16/h4-6,8,13,17H,7H2,1-3H3. The van der Waals surface area contributed by atoms with E-state index in [-0.39, 0.29) is 6.04 Å². The molecule has 1 atom stereocenters. The molecular weight excluding hydrogens is 326 g/mol. The van der Waals surface area contributed by atoms with Crippen LogP contribution in [0.2, 0.25) is 5.02 Å². The van der Waals surface area contributed by atoms with Crippen LogP contribution in [0.15, 0.2) is 28.7 Å². The van der Waals surface area contributed by atoms with Crippen LogP contribution in [0.4, 0.5) is 0 Å². The summed E-state index contributed by atoms with van der Waals surface area (Å²) in [5.41, 5.74) is 3.32. The Morgan fingerprint density at radius 3 is 2.68 bits per heavy atom. The molecule has 0 aliphatic carbocycles. The quantitative estimate of drug-likeness (QED) is 0.919. The summed E-state index contributed by atoms with van der Waals surface area (Å²) >= 11 is 9.71. The molecule has 3 nitrogen and oxygen atoms in total. The van der Waals surface area contributed by atoms with Gasteiger partial charge in [0, 0.05) is 16.5 Å². The van der Waals surface area contributed by atoms with E-state index in [4.69, 9.17) is 11.6 Å². The third-order valence-electron chi connectivity index (χ3n) is 3.18. The van der Waals surface area contributed by atoms with E-state index in [0.717, 1.165) is 27.2 Å². The summed E-state index contributed by atoms with van der Waals surface area (Å²) in [7, 11) is 3.93. The van der Waals surface area contributed by atoms with Crippen molar-refractivity contribution in [1.82, 2.24) is 15.1 Å². The molecule has 0 aliphatic rings. The van der Waals surface area contributed by atoms with E-state index in [0.29, 0.717) is 0 Å². The van der Waals surface area contributed by atoms with Crippen molar-refractivity contribution in [2.75, 3.05) is 7.05 Å². The van der Waals surface area contributed by atoms with Crippen LogP contribution in [0.3, 0.4) is 0 Å². The summed E-state index contributed by atoms with van der Waals surface area (Å²) in [4.78, 5) is 0. The van der Waals surface area contributed by atoms with Crippen LogP contribution in [-0.4, -0.2) is 16.8 Å². The molecule has 2 aromatic rings. The van der Waals surface area contributed by atoms with Crippen LogP contribution in [-0.2, 0) is 13.5 Å². The van der Waals surface area contributed by atoms with Crippen molar-refractivity contribution in [1.29, 1.82) is 0 Å². The summed E-state index contributed by atoms with van der Waals surface area (Å²) in [6.07, 6.45) is 0.835. The van der Waals surface area contributed by atoms with Gasteiger partial charge in [-0.3, -0.25) is 4.68 Å². The first-order valence-electron chi connectivity index (χ1n) is 6.13. The molecule has 0 saturated heterocycles. The number of hydrogen-bond donors (Lipinski definition) is 1. The van der Waals surface area contributed by atoms with E-state index in [1.807, 2.05) is 37.8 Å². The molecule has 2 rings (SSSR count). The zero-order valence-electron chi connectivity index (χ0n) is 11.2. The molecule has 1 unspecified atom stereocenters. The van der Waals surface area contributed by atoms with Gasteiger partial charge in [-0.05, 0) is 44.2 Å². The van der Waals surface area contributed by atoms with E-state index in [2.05, 4.69) is 38.5 Å². The molecule has 102 valence electrons. The predicted molar refractivity (Wildman–Crippen MR) is 82.6 cm³/mol. The van der Waals surface area contributed by atoms with E-state index in [1.54, 1.807) is 0 Å². The van der Waals surface area contributed by atoms with Crippen molar-refractivity contribution < 1.29 is 0 Å². The van der Waals surface area contributed by atoms with Gasteiger partial charge in [0.15, 0.2) is 0 Å². The fourth-order valence-electron chi connectivity index (χ4n) is 2.22. The number of halogens is 2. The third kappa shape index (κ3) is 3.38. The second kappa shape index (κ2) is 6.07. The molecule has 0 saturated carbocycles. The zero-order valence-corrected chi connectivity index (χ0v) is 13.6. The highest BCUT2D eigenvalue weighted by Gasteiger charge is 2.16. The minimum Gasteiger partial charge on any atom is -0.311 e. The van der Waals surface area contributed by atoms with Crippen LogP contribution in [0.25, 0.3) is 0 Å². The van der Waals surface area contributed by atoms with Crippen molar-refractivity contribution in [2.24, 2.45) is 7.05 Å². The maximum absolute atomic E-state index is 6.28. The Bertz CT molecular complexity index is 580. The second-order valence-corrected chi connectivity index (χ2v) is 5.94. The van der Waals surface area contributed by atoms with Crippen LogP contribution in [0, 0.1) is 6.92 Å². The fraction of sp³-hybridized carbons (Fsp3) is 0.357. The Morgan fingerprint density at radius 2 is 2.16 bits per heavy atom. The van der Waals surface area contributed by atoms with Gasteiger partial charge in [0.2, 0.25) is 0 Å². The summed E-state index contributed by atoms with van der Waals surface area (Å²) in [5, 5.41) is 8.51. The fourth-order valence-corrected chi connectivity index (χ4v) is 2.97. The monoisotopic (exact) mass is 341 g/mol. The van der Waals surface area contributed by atoms with Crippen LogP contribution >= 0.6 is 27.5 Å². The smallest absolute Gasteiger partial charge is 0.0597 e. The van der Waals surface area contributed by atoms with Gasteiger partial charge >= 0.3 is 0 Å². The Kier molecular flexibility index (Phi) is 4.66. The molecule has 1 heterocycles. The number of nitrogens with one attached hydrogen (secondary N) is 1. The van der Waals surface area contributed by atoms with Crippen molar-refractivity contribution >= 4 is 27.5 Å². The Hall–Kier alpha value is -0.840. The first kappa shape index (κ1) is 14.6. The van der Waals surface area contributed by atoms with Crippen molar-refractivity contribution in [3.63, 3.8) is 0 Å². The molecule has 0 bridgehead atoms. The van der Waals surface area contributed by atoms with Crippen LogP contribution < -0.4 is 5.32 Å². The molecule has 0 spiro atoms. The summed E-state index contributed by atoms with van der Waals surface area (Å²) < 4.78 is 2.92. The minimum atomic E-state index is 0.199. The normalized spacial score (nSPS) is 12.7. The average Bonchev–Trinajstić information content (AvgIpc) is 2.68. The lowest BCUT2D eigenvalue weighted by molar-refractivity contribution is 0.537. The third-order valence-corrected chi connectivity index (χ3v) is 4.03. The molecule has 1 aromatic heterocycles. The molecule has 19 heavy (non-hydrogen) atoms. The SMILES string of the molecule is CNC(Cc1ccc(Br)cc1Cl)c1cc(C)nn1C. The number of hydrogen-bond acceptors (Lipinski definition) is 2. The maximum atomic E-state index is 6.28. The molecule has 0 amide bonds. The highest BCUT2D eigenvalue weighted by atomic mass is 79.9. The van der Waals surface area contributed by atoms with Crippen molar-refractivity contribution in [2.45, 2.75) is 19.4 Å². The second-order valence-electron chi connectivity index (χ2n) is 4.62. The van der Waals surface area contributed by atoms with Gasteiger partial charge in [-0.2, -0.15) is 5.10 Å². The summed E-state index contributed by atoms with van der Waals surface area (Å²) in [5.74, 6) is 0. The highest BCUT2D eigenvalue weighted by Crippen LogP contribution is 2.26. The van der Waals surface area contributed by atoms with Crippen LogP contribution in [0.1, 0.15) is 23.0 Å². The van der Waals surface area contributed by atoms with Crippen molar-refractivity contribution in [3.05, 3.63) is 50.7 Å². The number of nitrogens with zero attached hydrogens (tertiary/aromatic N) is 2. The van der Waals surface area contributed by atoms with E-state index in [9.17, 15) is 0 Å². The van der Waals surface area contributed by atoms with Crippen LogP contribution in [0.5, 0.6) is 0 Å². The summed E-state index contributed by atoms with van der Waals surface area (Å²) in [6, 6.07) is 8.30. The van der Waals surface area contributed by atoms with Gasteiger partial charge in [-0.25, -0.2) is 0 Å². The Labute approximate surface area is 127 Å². The average molecular weight is 343 g/mol. The molecular formula is C14H17BrClN3. The lowest BCUT2D eigenvalue weighted by Crippen LogP contribution is -2.21. The van der Waals surface area contributed by atoms with Gasteiger partial charge in [0.25, 0.3) is 0 Å². The number of rotatable bonds is 4. The summed E-state index contributed by atoms with van der Waals surface area (Å²) in [6.45, 7) is 2.00. The number of aromatic nitrogens is 2. The number of likely N-dealkylation sites (N-methyl/N-ethyl adjacent to an activating group) is 1. The minimum absolute atomic E-state index is 0.199. The van der Waals surface area contributed by atoms with Gasteiger partial charge < -0.3 is 5.32 Å². The Balaban J connectivity index is 2.26. The number of benzene rings is 1. The first-order valence-corrected chi connectivity index (χ1v) is 7.30. The topological polar surface area (TPSA) is 29.9 Å². The molecule has 0 fully saturated rings. The maximum Gasteiger partial charge on any atom is 0.0597 e. The largest absolute Gasteiger partial charge is 0.311 e. The lowest BCUT2D eigenvalue weighted by Gasteiger charge is -2.17. The van der Waals surface area contributed by atoms with E-state index in [1.165, 1.54) is 5.69 Å². The lowest BCUT2D eigenvalue weighted by atomic mass is 10.0. The zero-order chi connectivity index (χ0) is 14.0. The van der Waals surface area contributed by atoms with Gasteiger partial charge in [-0.1, -0.05) is 33.6 Å². The Morgan fingerprint density at radius 1 is 1.42 bits per heavy atom. The van der Waals surface area contributed by atoms with Gasteiger partial charge in [0.1, 0.15) is 0 Å². The molecule has 0 radical (unpaired) electrons. The van der Waals surface area contributed by atoms with Crippen molar-refractivity contribution in [3.8, 4) is 0 Å². The van der Waals surface area contributed by atoms with Gasteiger partial charge in [-0.15, -0.1) is 0 Å². The highest BCUT2D eigenvalue weighted by molar-refractivity contribution is 9.10. The predicted octanol–water partition coefficient (Wildman–Crippen LogP) is 3.65. The van der Waals surface area contributed by atoms with E-state index >= 15 is 0 Å². The number of aryl methyl sites for hydroxylation is 2. The molecule has 1 N–H and O–H groups in total. The molecule has 5 heteroatoms.